The highest BCUT2D eigenvalue weighted by atomic mass is 16.3. The van der Waals surface area contributed by atoms with Crippen molar-refractivity contribution in [2.75, 3.05) is 11.9 Å². The summed E-state index contributed by atoms with van der Waals surface area (Å²) in [7, 11) is 0. The van der Waals surface area contributed by atoms with Gasteiger partial charge in [-0.1, -0.05) is 0 Å². The molecule has 6 heteroatoms. The fraction of sp³-hybridized carbons (Fsp3) is 0.412. The first kappa shape index (κ1) is 15.6. The van der Waals surface area contributed by atoms with Gasteiger partial charge in [-0.15, -0.1) is 0 Å². The molecule has 0 atom stereocenters. The number of aromatic nitrogens is 1. The Morgan fingerprint density at radius 2 is 1.96 bits per heavy atom. The number of aliphatic hydroxyl groups excluding tert-OH is 1. The van der Waals surface area contributed by atoms with Gasteiger partial charge in [0.15, 0.2) is 0 Å². The van der Waals surface area contributed by atoms with E-state index in [1.807, 2.05) is 24.3 Å². The maximum absolute atomic E-state index is 12.0. The molecule has 122 valence electrons. The Labute approximate surface area is 134 Å². The second-order valence-corrected chi connectivity index (χ2v) is 5.91. The van der Waals surface area contributed by atoms with Crippen LogP contribution in [0.15, 0.2) is 41.1 Å². The van der Waals surface area contributed by atoms with Gasteiger partial charge >= 0.3 is 6.03 Å². The van der Waals surface area contributed by atoms with E-state index in [1.165, 1.54) is 6.26 Å². The first-order valence-corrected chi connectivity index (χ1v) is 7.93. The van der Waals surface area contributed by atoms with Crippen LogP contribution >= 0.6 is 0 Å². The zero-order chi connectivity index (χ0) is 16.1. The van der Waals surface area contributed by atoms with E-state index >= 15 is 0 Å². The van der Waals surface area contributed by atoms with Crippen LogP contribution in [0, 0.1) is 5.92 Å². The van der Waals surface area contributed by atoms with Crippen LogP contribution in [0.3, 0.4) is 0 Å². The molecule has 0 saturated heterocycles. The summed E-state index contributed by atoms with van der Waals surface area (Å²) in [6.07, 6.45) is 6.89. The normalized spacial score (nSPS) is 20.9. The molecule has 0 unspecified atom stereocenters. The third-order valence-corrected chi connectivity index (χ3v) is 4.26. The number of urea groups is 1. The molecule has 3 N–H and O–H groups in total. The lowest BCUT2D eigenvalue weighted by atomic mass is 9.87. The highest BCUT2D eigenvalue weighted by Gasteiger charge is 2.21. The second kappa shape index (κ2) is 7.28. The van der Waals surface area contributed by atoms with E-state index < -0.39 is 0 Å². The average Bonchev–Trinajstić information content (AvgIpc) is 3.11. The SMILES string of the molecule is O=C(Nc1ccc(-c2ncco2)cc1)NC1CCC(CO)CC1. The number of carbonyl (C=O) groups is 1. The lowest BCUT2D eigenvalue weighted by Gasteiger charge is -2.27. The molecule has 3 rings (SSSR count). The summed E-state index contributed by atoms with van der Waals surface area (Å²) in [6, 6.07) is 7.34. The lowest BCUT2D eigenvalue weighted by Crippen LogP contribution is -2.40. The van der Waals surface area contributed by atoms with Crippen LogP contribution in [-0.2, 0) is 0 Å². The van der Waals surface area contributed by atoms with Crippen molar-refractivity contribution in [1.82, 2.24) is 10.3 Å². The molecule has 6 nitrogen and oxygen atoms in total. The van der Waals surface area contributed by atoms with Gasteiger partial charge in [-0.3, -0.25) is 0 Å². The molecule has 1 aromatic carbocycles. The van der Waals surface area contributed by atoms with Crippen molar-refractivity contribution in [3.63, 3.8) is 0 Å². The highest BCUT2D eigenvalue weighted by molar-refractivity contribution is 5.89. The smallest absolute Gasteiger partial charge is 0.319 e. The summed E-state index contributed by atoms with van der Waals surface area (Å²) in [5, 5.41) is 15.0. The Hall–Kier alpha value is -2.34. The minimum Gasteiger partial charge on any atom is -0.445 e. The molecule has 1 heterocycles. The molecule has 0 radical (unpaired) electrons. The van der Waals surface area contributed by atoms with Gasteiger partial charge < -0.3 is 20.2 Å². The van der Waals surface area contributed by atoms with Gasteiger partial charge in [-0.05, 0) is 55.9 Å². The maximum Gasteiger partial charge on any atom is 0.319 e. The molecule has 0 spiro atoms. The first-order valence-electron chi connectivity index (χ1n) is 7.93. The molecular weight excluding hydrogens is 294 g/mol. The van der Waals surface area contributed by atoms with Crippen molar-refractivity contribution < 1.29 is 14.3 Å². The summed E-state index contributed by atoms with van der Waals surface area (Å²) in [6.45, 7) is 0.246. The first-order chi connectivity index (χ1) is 11.2. The van der Waals surface area contributed by atoms with Gasteiger partial charge in [-0.2, -0.15) is 0 Å². The van der Waals surface area contributed by atoms with Gasteiger partial charge in [0.1, 0.15) is 6.26 Å². The number of hydrogen-bond acceptors (Lipinski definition) is 4. The predicted molar refractivity (Wildman–Crippen MR) is 86.9 cm³/mol. The number of oxazole rings is 1. The number of anilines is 1. The van der Waals surface area contributed by atoms with Crippen LogP contribution in [0.1, 0.15) is 25.7 Å². The van der Waals surface area contributed by atoms with Crippen molar-refractivity contribution >= 4 is 11.7 Å². The quantitative estimate of drug-likeness (QED) is 0.809. The van der Waals surface area contributed by atoms with Gasteiger partial charge in [0.2, 0.25) is 5.89 Å². The van der Waals surface area contributed by atoms with Crippen molar-refractivity contribution in [2.45, 2.75) is 31.7 Å². The van der Waals surface area contributed by atoms with Crippen LogP contribution in [0.2, 0.25) is 0 Å². The van der Waals surface area contributed by atoms with E-state index in [-0.39, 0.29) is 18.7 Å². The van der Waals surface area contributed by atoms with Crippen LogP contribution in [0.25, 0.3) is 11.5 Å². The zero-order valence-corrected chi connectivity index (χ0v) is 12.9. The van der Waals surface area contributed by atoms with E-state index in [2.05, 4.69) is 15.6 Å². The van der Waals surface area contributed by atoms with Gasteiger partial charge in [0.05, 0.1) is 6.20 Å². The molecule has 0 aliphatic heterocycles. The topological polar surface area (TPSA) is 87.4 Å². The molecule has 1 aliphatic rings. The van der Waals surface area contributed by atoms with Crippen LogP contribution in [0.4, 0.5) is 10.5 Å². The monoisotopic (exact) mass is 315 g/mol. The summed E-state index contributed by atoms with van der Waals surface area (Å²) in [5.74, 6) is 0.945. The number of aliphatic hydroxyl groups is 1. The summed E-state index contributed by atoms with van der Waals surface area (Å²) < 4.78 is 5.23. The minimum absolute atomic E-state index is 0.185. The van der Waals surface area contributed by atoms with Crippen molar-refractivity contribution in [3.05, 3.63) is 36.7 Å². The van der Waals surface area contributed by atoms with Gasteiger partial charge in [-0.25, -0.2) is 9.78 Å². The third kappa shape index (κ3) is 4.10. The van der Waals surface area contributed by atoms with Gasteiger partial charge in [0, 0.05) is 23.9 Å². The molecule has 1 saturated carbocycles. The summed E-state index contributed by atoms with van der Waals surface area (Å²) >= 11 is 0. The van der Waals surface area contributed by atoms with Crippen LogP contribution in [-0.4, -0.2) is 28.8 Å². The van der Waals surface area contributed by atoms with Crippen molar-refractivity contribution in [2.24, 2.45) is 5.92 Å². The fourth-order valence-corrected chi connectivity index (χ4v) is 2.90. The van der Waals surface area contributed by atoms with Crippen molar-refractivity contribution in [1.29, 1.82) is 0 Å². The molecule has 2 aromatic rings. The predicted octanol–water partition coefficient (Wildman–Crippen LogP) is 3.01. The number of carbonyl (C=O) groups excluding carboxylic acids is 1. The number of benzene rings is 1. The van der Waals surface area contributed by atoms with Crippen LogP contribution in [0.5, 0.6) is 0 Å². The molecule has 2 amide bonds. The number of rotatable bonds is 4. The standard InChI is InChI=1S/C17H21N3O3/c21-11-12-1-5-14(6-2-12)19-17(22)20-15-7-3-13(4-8-15)16-18-9-10-23-16/h3-4,7-10,12,14,21H,1-2,5-6,11H2,(H2,19,20,22). The average molecular weight is 315 g/mol. The number of nitrogens with zero attached hydrogens (tertiary/aromatic N) is 1. The molecule has 1 aromatic heterocycles. The zero-order valence-electron chi connectivity index (χ0n) is 12.9. The Bertz CT molecular complexity index is 617. The lowest BCUT2D eigenvalue weighted by molar-refractivity contribution is 0.176. The van der Waals surface area contributed by atoms with E-state index in [0.717, 1.165) is 36.9 Å². The van der Waals surface area contributed by atoms with Gasteiger partial charge in [0.25, 0.3) is 0 Å². The maximum atomic E-state index is 12.0. The summed E-state index contributed by atoms with van der Waals surface area (Å²) in [5.41, 5.74) is 1.59. The molecule has 0 bridgehead atoms. The Morgan fingerprint density at radius 3 is 2.57 bits per heavy atom. The Kier molecular flexibility index (Phi) is 4.92. The number of amides is 2. The molecule has 1 aliphatic carbocycles. The Balaban J connectivity index is 1.50. The molecule has 23 heavy (non-hydrogen) atoms. The van der Waals surface area contributed by atoms with E-state index in [4.69, 9.17) is 9.52 Å². The Morgan fingerprint density at radius 1 is 1.22 bits per heavy atom. The summed E-state index contributed by atoms with van der Waals surface area (Å²) in [4.78, 5) is 16.1. The fourth-order valence-electron chi connectivity index (χ4n) is 2.90. The van der Waals surface area contributed by atoms with E-state index in [9.17, 15) is 4.79 Å². The second-order valence-electron chi connectivity index (χ2n) is 5.91. The molecular formula is C17H21N3O3. The molecule has 1 fully saturated rings. The van der Waals surface area contributed by atoms with E-state index in [0.29, 0.717) is 11.8 Å². The largest absolute Gasteiger partial charge is 0.445 e. The number of hydrogen-bond donors (Lipinski definition) is 3. The van der Waals surface area contributed by atoms with Crippen molar-refractivity contribution in [3.8, 4) is 11.5 Å². The van der Waals surface area contributed by atoms with Crippen LogP contribution < -0.4 is 10.6 Å². The van der Waals surface area contributed by atoms with E-state index in [1.54, 1.807) is 6.20 Å². The highest BCUT2D eigenvalue weighted by Crippen LogP contribution is 2.24. The minimum atomic E-state index is -0.193. The number of nitrogens with one attached hydrogen (secondary N) is 2. The third-order valence-electron chi connectivity index (χ3n) is 4.26.